The minimum atomic E-state index is -8.70. The number of benzene rings is 6. The molecule has 0 unspecified atom stereocenters. The molecule has 6 aromatic carbocycles. The van der Waals surface area contributed by atoms with Gasteiger partial charge in [-0.25, -0.2) is 0 Å². The van der Waals surface area contributed by atoms with Crippen LogP contribution in [0.25, 0.3) is 21.5 Å². The standard InChI is InChI=1S/C45H33F17GeO/c46-38(47,39(48,49)40(50,51)41(52,53)42(54,55)43(56,57)44(58,59)45(60,61)62)22-23-63(26-30-18-20-32-12-4-6-14-34(32)24-30,27-31-19-21-33-13-5-7-15-35(33)25-31)36-16-8-9-17-37(36)64-28-29-10-2-1-3-11-29/h1-21,24-25H,22-23,26-28H2. The summed E-state index contributed by atoms with van der Waals surface area (Å²) in [4.78, 5) is 0. The van der Waals surface area contributed by atoms with Crippen molar-refractivity contribution in [1.82, 2.24) is 0 Å². The number of ether oxygens (including phenoxy) is 1. The van der Waals surface area contributed by atoms with Gasteiger partial charge < -0.3 is 0 Å². The molecule has 0 atom stereocenters. The molecule has 0 saturated heterocycles. The van der Waals surface area contributed by atoms with E-state index < -0.39 is 72.6 Å². The molecule has 6 aromatic rings. The van der Waals surface area contributed by atoms with E-state index in [1.807, 2.05) is 0 Å². The molecule has 0 aromatic heterocycles. The van der Waals surface area contributed by atoms with Crippen LogP contribution in [-0.4, -0.2) is 60.9 Å². The van der Waals surface area contributed by atoms with Crippen LogP contribution in [0, 0.1) is 0 Å². The Bertz CT molecular complexity index is 2490. The third-order valence-corrected chi connectivity index (χ3v) is 21.5. The topological polar surface area (TPSA) is 9.23 Å². The van der Waals surface area contributed by atoms with Crippen molar-refractivity contribution in [3.63, 3.8) is 0 Å². The predicted molar refractivity (Wildman–Crippen MR) is 208 cm³/mol. The molecule has 0 aliphatic rings. The first-order valence-corrected chi connectivity index (χ1v) is 24.5. The molecule has 0 aliphatic heterocycles. The molecule has 64 heavy (non-hydrogen) atoms. The molecule has 19 heteroatoms. The summed E-state index contributed by atoms with van der Waals surface area (Å²) in [7, 11) is 0. The molecule has 0 heterocycles. The summed E-state index contributed by atoms with van der Waals surface area (Å²) in [6.07, 6.45) is -10.4. The van der Waals surface area contributed by atoms with Crippen LogP contribution in [0.15, 0.2) is 140 Å². The van der Waals surface area contributed by atoms with Gasteiger partial charge in [-0.15, -0.1) is 0 Å². The summed E-state index contributed by atoms with van der Waals surface area (Å²) in [5.41, 5.74) is 1.40. The van der Waals surface area contributed by atoms with Gasteiger partial charge in [-0.2, -0.15) is 0 Å². The second-order valence-corrected chi connectivity index (χ2v) is 24.5. The molecule has 1 nitrogen and oxygen atoms in total. The molecular formula is C45H33F17GeO. The van der Waals surface area contributed by atoms with Gasteiger partial charge in [-0.05, 0) is 0 Å². The van der Waals surface area contributed by atoms with E-state index >= 15 is 26.3 Å². The third kappa shape index (κ3) is 8.50. The van der Waals surface area contributed by atoms with Gasteiger partial charge in [0.25, 0.3) is 0 Å². The summed E-state index contributed by atoms with van der Waals surface area (Å²) in [5, 5.41) is 0.925. The molecule has 0 fully saturated rings. The van der Waals surface area contributed by atoms with Gasteiger partial charge in [0, 0.05) is 0 Å². The summed E-state index contributed by atoms with van der Waals surface area (Å²) < 4.78 is 251. The molecule has 0 aliphatic carbocycles. The van der Waals surface area contributed by atoms with Crippen LogP contribution in [0.3, 0.4) is 0 Å². The SMILES string of the molecule is FC(F)(F)C(F)(F)C(F)(F)C(F)(F)C(F)(F)C(F)(F)C(F)(F)C(F)(F)C[CH2][Ge]([CH2]c1ccc2ccccc2c1)([CH2]c1ccc2ccccc2c1)[c]1ccccc1OCc1ccccc1. The number of rotatable bonds is 17. The predicted octanol–water partition coefficient (Wildman–Crippen LogP) is 14.2. The maximum absolute atomic E-state index is 16.0. The van der Waals surface area contributed by atoms with Crippen molar-refractivity contribution in [2.24, 2.45) is 0 Å². The Kier molecular flexibility index (Phi) is 12.9. The number of para-hydroxylation sites is 1. The molecule has 342 valence electrons. The quantitative estimate of drug-likeness (QED) is 0.0654. The second kappa shape index (κ2) is 17.1. The van der Waals surface area contributed by atoms with Crippen molar-refractivity contribution < 1.29 is 79.4 Å². The first kappa shape index (κ1) is 48.4. The molecule has 0 saturated carbocycles. The van der Waals surface area contributed by atoms with Crippen LogP contribution in [0.5, 0.6) is 5.75 Å². The Morgan fingerprint density at radius 2 is 0.781 bits per heavy atom. The number of hydrogen-bond acceptors (Lipinski definition) is 1. The summed E-state index contributed by atoms with van der Waals surface area (Å²) >= 11 is -5.07. The monoisotopic (exact) mass is 986 g/mol. The van der Waals surface area contributed by atoms with Gasteiger partial charge in [0.05, 0.1) is 0 Å². The zero-order valence-electron chi connectivity index (χ0n) is 32.6. The van der Waals surface area contributed by atoms with E-state index in [0.717, 1.165) is 0 Å². The Balaban J connectivity index is 1.50. The van der Waals surface area contributed by atoms with Crippen molar-refractivity contribution in [2.45, 2.75) is 76.4 Å². The number of fused-ring (bicyclic) bond motifs is 2. The number of halogens is 17. The Hall–Kier alpha value is -5.01. The third-order valence-electron chi connectivity index (χ3n) is 11.1. The molecule has 0 N–H and O–H groups in total. The van der Waals surface area contributed by atoms with Gasteiger partial charge in [0.2, 0.25) is 0 Å². The summed E-state index contributed by atoms with van der Waals surface area (Å²) in [6, 6.07) is 37.5. The van der Waals surface area contributed by atoms with Crippen LogP contribution in [0.1, 0.15) is 23.1 Å². The van der Waals surface area contributed by atoms with E-state index in [-0.39, 0.29) is 27.3 Å². The zero-order chi connectivity index (χ0) is 47.2. The summed E-state index contributed by atoms with van der Waals surface area (Å²) in [5.74, 6) is -56.9. The number of alkyl halides is 17. The van der Waals surface area contributed by atoms with E-state index in [0.29, 0.717) is 38.2 Å². The van der Waals surface area contributed by atoms with Crippen molar-refractivity contribution in [2.75, 3.05) is 0 Å². The van der Waals surface area contributed by atoms with Crippen LogP contribution in [0.4, 0.5) is 74.6 Å². The Morgan fingerprint density at radius 1 is 0.375 bits per heavy atom. The maximum atomic E-state index is 16.0. The molecule has 0 spiro atoms. The molecule has 6 rings (SSSR count). The van der Waals surface area contributed by atoms with Crippen molar-refractivity contribution >= 4 is 39.2 Å². The van der Waals surface area contributed by atoms with E-state index in [1.165, 1.54) is 24.3 Å². The van der Waals surface area contributed by atoms with E-state index in [9.17, 15) is 48.3 Å². The fourth-order valence-corrected chi connectivity index (χ4v) is 18.2. The fourth-order valence-electron chi connectivity index (χ4n) is 7.56. The van der Waals surface area contributed by atoms with Gasteiger partial charge in [0.1, 0.15) is 0 Å². The van der Waals surface area contributed by atoms with Crippen LogP contribution >= 0.6 is 0 Å². The Morgan fingerprint density at radius 3 is 1.27 bits per heavy atom. The van der Waals surface area contributed by atoms with Gasteiger partial charge in [0.15, 0.2) is 0 Å². The van der Waals surface area contributed by atoms with E-state index in [4.69, 9.17) is 4.74 Å². The van der Waals surface area contributed by atoms with Crippen molar-refractivity contribution in [1.29, 1.82) is 0 Å². The second-order valence-electron chi connectivity index (χ2n) is 15.4. The van der Waals surface area contributed by atoms with Crippen LogP contribution in [-0.2, 0) is 17.1 Å². The molecule has 0 amide bonds. The summed E-state index contributed by atoms with van der Waals surface area (Å²) in [6.45, 7) is -0.149. The van der Waals surface area contributed by atoms with E-state index in [2.05, 4.69) is 0 Å². The molecule has 0 radical (unpaired) electrons. The van der Waals surface area contributed by atoms with Gasteiger partial charge in [-0.3, -0.25) is 0 Å². The molecular weight excluding hydrogens is 952 g/mol. The average molecular weight is 985 g/mol. The van der Waals surface area contributed by atoms with Crippen LogP contribution < -0.4 is 9.13 Å². The number of hydrogen-bond donors (Lipinski definition) is 0. The zero-order valence-corrected chi connectivity index (χ0v) is 34.7. The van der Waals surface area contributed by atoms with Crippen LogP contribution in [0.2, 0.25) is 5.25 Å². The normalized spacial score (nSPS) is 14.0. The first-order chi connectivity index (χ1) is 29.6. The van der Waals surface area contributed by atoms with E-state index in [1.54, 1.807) is 115 Å². The van der Waals surface area contributed by atoms with Gasteiger partial charge in [-0.1, -0.05) is 0 Å². The van der Waals surface area contributed by atoms with Crippen molar-refractivity contribution in [3.05, 3.63) is 156 Å². The van der Waals surface area contributed by atoms with Gasteiger partial charge >= 0.3 is 357 Å². The Labute approximate surface area is 356 Å². The average Bonchev–Trinajstić information content (AvgIpc) is 3.24. The first-order valence-electron chi connectivity index (χ1n) is 19.0. The fraction of sp³-hybridized carbons (Fsp3) is 0.289. The minimum absolute atomic E-state index is 0.0207. The van der Waals surface area contributed by atoms with Crippen molar-refractivity contribution in [3.8, 4) is 5.75 Å². The molecule has 0 bridgehead atoms.